The van der Waals surface area contributed by atoms with Crippen LogP contribution in [0.2, 0.25) is 0 Å². The predicted octanol–water partition coefficient (Wildman–Crippen LogP) is 0.352. The molecule has 2 saturated heterocycles. The van der Waals surface area contributed by atoms with Crippen LogP contribution in [-0.2, 0) is 9.47 Å². The van der Waals surface area contributed by atoms with Gasteiger partial charge in [-0.05, 0) is 25.3 Å². The molecule has 4 nitrogen and oxygen atoms in total. The third-order valence-corrected chi connectivity index (χ3v) is 3.73. The Labute approximate surface area is 97.5 Å². The third-order valence-electron chi connectivity index (χ3n) is 3.73. The Hall–Kier alpha value is -0.160. The molecule has 1 N–H and O–H groups in total. The molecule has 2 aliphatic heterocycles. The summed E-state index contributed by atoms with van der Waals surface area (Å²) in [6.45, 7) is 5.36. The van der Waals surface area contributed by atoms with Crippen LogP contribution in [0.25, 0.3) is 0 Å². The van der Waals surface area contributed by atoms with Gasteiger partial charge in [0, 0.05) is 32.7 Å². The second-order valence-corrected chi connectivity index (χ2v) is 5.06. The Balaban J connectivity index is 1.69. The number of hydrogen-bond donors (Lipinski definition) is 1. The van der Waals surface area contributed by atoms with Crippen LogP contribution in [0, 0.1) is 11.8 Å². The molecule has 0 saturated carbocycles. The summed E-state index contributed by atoms with van der Waals surface area (Å²) in [6, 6.07) is 0. The molecule has 0 amide bonds. The first-order valence-corrected chi connectivity index (χ1v) is 6.26. The van der Waals surface area contributed by atoms with Crippen LogP contribution in [0.3, 0.4) is 0 Å². The molecule has 0 spiro atoms. The number of aliphatic hydroxyl groups is 1. The Bertz CT molecular complexity index is 206. The fraction of sp³-hybridized carbons (Fsp3) is 1.00. The molecule has 0 aromatic heterocycles. The molecule has 4 heteroatoms. The summed E-state index contributed by atoms with van der Waals surface area (Å²) in [5, 5.41) is 10.1. The van der Waals surface area contributed by atoms with E-state index in [0.29, 0.717) is 11.8 Å². The van der Waals surface area contributed by atoms with Crippen LogP contribution in [0.5, 0.6) is 0 Å². The molecule has 0 bridgehead atoms. The fourth-order valence-corrected chi connectivity index (χ4v) is 2.72. The van der Waals surface area contributed by atoms with Gasteiger partial charge >= 0.3 is 0 Å². The summed E-state index contributed by atoms with van der Waals surface area (Å²) in [4.78, 5) is 2.35. The van der Waals surface area contributed by atoms with Crippen LogP contribution in [-0.4, -0.2) is 62.7 Å². The minimum absolute atomic E-state index is 0.219. The lowest BCUT2D eigenvalue weighted by Gasteiger charge is -2.23. The lowest BCUT2D eigenvalue weighted by molar-refractivity contribution is 0.0599. The monoisotopic (exact) mass is 229 g/mol. The van der Waals surface area contributed by atoms with Crippen molar-refractivity contribution in [2.24, 2.45) is 11.8 Å². The third kappa shape index (κ3) is 3.17. The van der Waals surface area contributed by atoms with Gasteiger partial charge in [0.25, 0.3) is 0 Å². The maximum absolute atomic E-state index is 10.1. The standard InChI is InChI=1S/C12H23NO3/c1-15-8-10-2-4-13(6-10)7-12(14)11-3-5-16-9-11/h10-12,14H,2-9H2,1H3. The van der Waals surface area contributed by atoms with Crippen molar-refractivity contribution in [3.8, 4) is 0 Å². The van der Waals surface area contributed by atoms with E-state index in [-0.39, 0.29) is 6.10 Å². The van der Waals surface area contributed by atoms with Crippen LogP contribution in [0.4, 0.5) is 0 Å². The van der Waals surface area contributed by atoms with Gasteiger partial charge in [-0.1, -0.05) is 0 Å². The Morgan fingerprint density at radius 3 is 3.06 bits per heavy atom. The molecule has 0 radical (unpaired) electrons. The summed E-state index contributed by atoms with van der Waals surface area (Å²) in [7, 11) is 1.76. The van der Waals surface area contributed by atoms with Crippen molar-refractivity contribution in [1.82, 2.24) is 4.90 Å². The number of β-amino-alcohol motifs (C(OH)–C–C–N with tert-alkyl or cyclic N) is 1. The molecule has 2 fully saturated rings. The van der Waals surface area contributed by atoms with E-state index in [4.69, 9.17) is 9.47 Å². The number of methoxy groups -OCH3 is 1. The zero-order valence-corrected chi connectivity index (χ0v) is 10.1. The number of likely N-dealkylation sites (tertiary alicyclic amines) is 1. The Morgan fingerprint density at radius 2 is 2.38 bits per heavy atom. The van der Waals surface area contributed by atoms with Crippen molar-refractivity contribution in [3.63, 3.8) is 0 Å². The fourth-order valence-electron chi connectivity index (χ4n) is 2.72. The first-order valence-electron chi connectivity index (χ1n) is 6.26. The largest absolute Gasteiger partial charge is 0.391 e. The highest BCUT2D eigenvalue weighted by Gasteiger charge is 2.29. The van der Waals surface area contributed by atoms with Gasteiger partial charge in [0.15, 0.2) is 0 Å². The Kier molecular flexibility index (Phi) is 4.58. The van der Waals surface area contributed by atoms with Crippen molar-refractivity contribution in [2.75, 3.05) is 46.6 Å². The lowest BCUT2D eigenvalue weighted by Crippen LogP contribution is -2.35. The Morgan fingerprint density at radius 1 is 1.50 bits per heavy atom. The zero-order valence-electron chi connectivity index (χ0n) is 10.1. The van der Waals surface area contributed by atoms with Crippen molar-refractivity contribution in [1.29, 1.82) is 0 Å². The normalized spacial score (nSPS) is 33.4. The molecule has 16 heavy (non-hydrogen) atoms. The zero-order chi connectivity index (χ0) is 11.4. The number of aliphatic hydroxyl groups excluding tert-OH is 1. The minimum Gasteiger partial charge on any atom is -0.391 e. The van der Waals surface area contributed by atoms with Crippen molar-refractivity contribution in [3.05, 3.63) is 0 Å². The van der Waals surface area contributed by atoms with E-state index >= 15 is 0 Å². The molecule has 0 aromatic rings. The van der Waals surface area contributed by atoms with Gasteiger partial charge in [-0.3, -0.25) is 0 Å². The molecular formula is C12H23NO3. The highest BCUT2D eigenvalue weighted by molar-refractivity contribution is 4.81. The van der Waals surface area contributed by atoms with E-state index in [2.05, 4.69) is 4.90 Å². The average Bonchev–Trinajstić information content (AvgIpc) is 2.89. The topological polar surface area (TPSA) is 41.9 Å². The van der Waals surface area contributed by atoms with E-state index in [1.807, 2.05) is 0 Å². The van der Waals surface area contributed by atoms with Crippen LogP contribution < -0.4 is 0 Å². The van der Waals surface area contributed by atoms with E-state index in [1.165, 1.54) is 6.42 Å². The van der Waals surface area contributed by atoms with Gasteiger partial charge in [0.1, 0.15) is 0 Å². The number of ether oxygens (including phenoxy) is 2. The van der Waals surface area contributed by atoms with Crippen LogP contribution >= 0.6 is 0 Å². The quantitative estimate of drug-likeness (QED) is 0.739. The predicted molar refractivity (Wildman–Crippen MR) is 61.4 cm³/mol. The molecule has 94 valence electrons. The number of nitrogens with zero attached hydrogens (tertiary/aromatic N) is 1. The molecule has 3 atom stereocenters. The molecule has 2 heterocycles. The molecular weight excluding hydrogens is 206 g/mol. The molecule has 2 aliphatic rings. The maximum atomic E-state index is 10.1. The van der Waals surface area contributed by atoms with Gasteiger partial charge in [-0.2, -0.15) is 0 Å². The molecule has 2 rings (SSSR count). The van der Waals surface area contributed by atoms with Crippen LogP contribution in [0.15, 0.2) is 0 Å². The summed E-state index contributed by atoms with van der Waals surface area (Å²) in [6.07, 6.45) is 1.99. The van der Waals surface area contributed by atoms with Gasteiger partial charge in [0.05, 0.1) is 19.3 Å². The van der Waals surface area contributed by atoms with Gasteiger partial charge < -0.3 is 19.5 Å². The van der Waals surface area contributed by atoms with E-state index in [9.17, 15) is 5.11 Å². The average molecular weight is 229 g/mol. The van der Waals surface area contributed by atoms with E-state index < -0.39 is 0 Å². The highest BCUT2D eigenvalue weighted by atomic mass is 16.5. The summed E-state index contributed by atoms with van der Waals surface area (Å²) in [5.74, 6) is 0.999. The number of hydrogen-bond acceptors (Lipinski definition) is 4. The highest BCUT2D eigenvalue weighted by Crippen LogP contribution is 2.21. The maximum Gasteiger partial charge on any atom is 0.0718 e. The van der Waals surface area contributed by atoms with Gasteiger partial charge in [-0.25, -0.2) is 0 Å². The second kappa shape index (κ2) is 5.96. The summed E-state index contributed by atoms with van der Waals surface area (Å²) < 4.78 is 10.5. The second-order valence-electron chi connectivity index (χ2n) is 5.06. The molecule has 0 aromatic carbocycles. The lowest BCUT2D eigenvalue weighted by atomic mass is 10.0. The van der Waals surface area contributed by atoms with E-state index in [1.54, 1.807) is 7.11 Å². The number of rotatable bonds is 5. The first kappa shape index (κ1) is 12.3. The SMILES string of the molecule is COCC1CCN(CC(O)C2CCOC2)C1. The van der Waals surface area contributed by atoms with Crippen molar-refractivity contribution >= 4 is 0 Å². The first-order chi connectivity index (χ1) is 7.79. The summed E-state index contributed by atoms with van der Waals surface area (Å²) in [5.41, 5.74) is 0. The van der Waals surface area contributed by atoms with Crippen molar-refractivity contribution in [2.45, 2.75) is 18.9 Å². The minimum atomic E-state index is -0.219. The van der Waals surface area contributed by atoms with Gasteiger partial charge in [-0.15, -0.1) is 0 Å². The van der Waals surface area contributed by atoms with Gasteiger partial charge in [0.2, 0.25) is 0 Å². The van der Waals surface area contributed by atoms with E-state index in [0.717, 1.165) is 45.9 Å². The summed E-state index contributed by atoms with van der Waals surface area (Å²) >= 11 is 0. The molecule has 3 unspecified atom stereocenters. The van der Waals surface area contributed by atoms with Crippen molar-refractivity contribution < 1.29 is 14.6 Å². The van der Waals surface area contributed by atoms with Crippen LogP contribution in [0.1, 0.15) is 12.8 Å². The smallest absolute Gasteiger partial charge is 0.0718 e. The molecule has 0 aliphatic carbocycles.